The maximum absolute atomic E-state index is 13.3. The molecule has 1 saturated heterocycles. The van der Waals surface area contributed by atoms with Crippen LogP contribution in [0.5, 0.6) is 0 Å². The van der Waals surface area contributed by atoms with E-state index in [0.29, 0.717) is 11.1 Å². The highest BCUT2D eigenvalue weighted by atomic mass is 32.2. The lowest BCUT2D eigenvalue weighted by molar-refractivity contribution is -0.138. The fourth-order valence-corrected chi connectivity index (χ4v) is 4.74. The van der Waals surface area contributed by atoms with Crippen molar-refractivity contribution in [3.05, 3.63) is 71.0 Å². The number of aryl methyl sites for hydroxylation is 1. The van der Waals surface area contributed by atoms with Crippen LogP contribution in [0.25, 0.3) is 0 Å². The van der Waals surface area contributed by atoms with E-state index in [4.69, 9.17) is 0 Å². The third-order valence-electron chi connectivity index (χ3n) is 5.28. The number of carbonyl (C=O) groups excluding carboxylic acids is 2. The van der Waals surface area contributed by atoms with E-state index in [1.165, 1.54) is 12.1 Å². The summed E-state index contributed by atoms with van der Waals surface area (Å²) in [5.74, 6) is -3.13. The Kier molecular flexibility index (Phi) is 7.13. The number of benzene rings is 2. The Balaban J connectivity index is 1.94. The molecule has 1 aliphatic rings. The molecule has 0 saturated carbocycles. The van der Waals surface area contributed by atoms with Crippen LogP contribution >= 0.6 is 0 Å². The van der Waals surface area contributed by atoms with Gasteiger partial charge in [0.25, 0.3) is 11.8 Å². The van der Waals surface area contributed by atoms with E-state index < -0.39 is 52.3 Å². The van der Waals surface area contributed by atoms with Crippen LogP contribution in [0.2, 0.25) is 0 Å². The van der Waals surface area contributed by atoms with Gasteiger partial charge in [-0.2, -0.15) is 4.31 Å². The van der Waals surface area contributed by atoms with Crippen molar-refractivity contribution in [2.45, 2.75) is 25.6 Å². The van der Waals surface area contributed by atoms with Crippen molar-refractivity contribution in [2.75, 3.05) is 19.3 Å². The summed E-state index contributed by atoms with van der Waals surface area (Å²) in [6.07, 6.45) is -1.08. The van der Waals surface area contributed by atoms with E-state index in [9.17, 15) is 32.3 Å². The molecule has 1 fully saturated rings. The SMILES string of the molecule is Cc1cccc(C(=O)N2CCN(S(C)(=O)=O)C2C(=O)NC(CC(=O)O)c2ccc(F)cc2)c1. The minimum atomic E-state index is -3.87. The third-order valence-corrected chi connectivity index (χ3v) is 6.52. The van der Waals surface area contributed by atoms with Gasteiger partial charge in [0.05, 0.1) is 18.7 Å². The molecule has 0 radical (unpaired) electrons. The van der Waals surface area contributed by atoms with Gasteiger partial charge >= 0.3 is 5.97 Å². The van der Waals surface area contributed by atoms with Gasteiger partial charge in [-0.05, 0) is 36.8 Å². The van der Waals surface area contributed by atoms with Crippen molar-refractivity contribution < 1.29 is 32.3 Å². The number of carboxylic acids is 1. The van der Waals surface area contributed by atoms with Crippen LogP contribution in [0, 0.1) is 12.7 Å². The van der Waals surface area contributed by atoms with Crippen molar-refractivity contribution >= 4 is 27.8 Å². The summed E-state index contributed by atoms with van der Waals surface area (Å²) >= 11 is 0. The molecular formula is C22H24FN3O6S. The number of carbonyl (C=O) groups is 3. The largest absolute Gasteiger partial charge is 0.481 e. The summed E-state index contributed by atoms with van der Waals surface area (Å²) in [5.41, 5.74) is 1.44. The fourth-order valence-electron chi connectivity index (χ4n) is 3.75. The number of carboxylic acid groups (broad SMARTS) is 1. The van der Waals surface area contributed by atoms with E-state index in [-0.39, 0.29) is 13.1 Å². The van der Waals surface area contributed by atoms with Gasteiger partial charge in [-0.3, -0.25) is 14.4 Å². The molecule has 2 N–H and O–H groups in total. The Morgan fingerprint density at radius 3 is 2.39 bits per heavy atom. The maximum atomic E-state index is 13.3. The van der Waals surface area contributed by atoms with Crippen LogP contribution in [-0.4, -0.2) is 66.0 Å². The van der Waals surface area contributed by atoms with Crippen LogP contribution < -0.4 is 5.32 Å². The molecule has 2 unspecified atom stereocenters. The van der Waals surface area contributed by atoms with Crippen molar-refractivity contribution in [1.29, 1.82) is 0 Å². The lowest BCUT2D eigenvalue weighted by Gasteiger charge is -2.29. The summed E-state index contributed by atoms with van der Waals surface area (Å²) in [4.78, 5) is 38.9. The lowest BCUT2D eigenvalue weighted by atomic mass is 10.0. The molecule has 0 bridgehead atoms. The third kappa shape index (κ3) is 5.74. The Labute approximate surface area is 190 Å². The van der Waals surface area contributed by atoms with Crippen LogP contribution in [0.3, 0.4) is 0 Å². The zero-order valence-electron chi connectivity index (χ0n) is 18.1. The highest BCUT2D eigenvalue weighted by Crippen LogP contribution is 2.24. The second-order valence-corrected chi connectivity index (χ2v) is 9.76. The van der Waals surface area contributed by atoms with Gasteiger partial charge in [0.2, 0.25) is 10.0 Å². The average molecular weight is 478 g/mol. The number of halogens is 1. The number of rotatable bonds is 7. The molecule has 2 amide bonds. The highest BCUT2D eigenvalue weighted by Gasteiger charge is 2.45. The zero-order valence-corrected chi connectivity index (χ0v) is 18.9. The number of hydrogen-bond acceptors (Lipinski definition) is 5. The molecule has 1 heterocycles. The van der Waals surface area contributed by atoms with E-state index in [2.05, 4.69) is 5.32 Å². The van der Waals surface area contributed by atoms with Crippen molar-refractivity contribution in [1.82, 2.24) is 14.5 Å². The van der Waals surface area contributed by atoms with Crippen molar-refractivity contribution in [3.8, 4) is 0 Å². The molecule has 3 rings (SSSR count). The van der Waals surface area contributed by atoms with Crippen LogP contribution in [0.15, 0.2) is 48.5 Å². The lowest BCUT2D eigenvalue weighted by Crippen LogP contribution is -2.54. The predicted molar refractivity (Wildman–Crippen MR) is 117 cm³/mol. The fraction of sp³-hybridized carbons (Fsp3) is 0.318. The quantitative estimate of drug-likeness (QED) is 0.623. The topological polar surface area (TPSA) is 124 Å². The number of hydrogen-bond donors (Lipinski definition) is 2. The molecule has 176 valence electrons. The van der Waals surface area contributed by atoms with E-state index in [0.717, 1.165) is 33.2 Å². The number of amides is 2. The Morgan fingerprint density at radius 1 is 1.15 bits per heavy atom. The van der Waals surface area contributed by atoms with Crippen LogP contribution in [-0.2, 0) is 19.6 Å². The standard InChI is InChI=1S/C22H24FN3O6S/c1-14-4-3-5-16(12-14)22(30)25-10-11-26(33(2,31)32)21(25)20(29)24-18(13-19(27)28)15-6-8-17(23)9-7-15/h3-9,12,18,21H,10-11,13H2,1-2H3,(H,24,29)(H,27,28). The molecule has 1 aliphatic heterocycles. The molecule has 11 heteroatoms. The first-order valence-electron chi connectivity index (χ1n) is 10.1. The average Bonchev–Trinajstić information content (AvgIpc) is 3.19. The van der Waals surface area contributed by atoms with Crippen molar-refractivity contribution in [2.24, 2.45) is 0 Å². The molecule has 33 heavy (non-hydrogen) atoms. The molecular weight excluding hydrogens is 453 g/mol. The van der Waals surface area contributed by atoms with Crippen LogP contribution in [0.1, 0.15) is 33.9 Å². The van der Waals surface area contributed by atoms with E-state index in [1.54, 1.807) is 31.2 Å². The number of nitrogens with one attached hydrogen (secondary N) is 1. The van der Waals surface area contributed by atoms with Gasteiger partial charge < -0.3 is 15.3 Å². The first-order valence-corrected chi connectivity index (χ1v) is 11.9. The second kappa shape index (κ2) is 9.67. The summed E-state index contributed by atoms with van der Waals surface area (Å²) in [7, 11) is -3.87. The summed E-state index contributed by atoms with van der Waals surface area (Å²) in [6.45, 7) is 1.69. The van der Waals surface area contributed by atoms with Gasteiger partial charge in [0, 0.05) is 18.7 Å². The molecule has 9 nitrogen and oxygen atoms in total. The Morgan fingerprint density at radius 2 is 1.82 bits per heavy atom. The minimum Gasteiger partial charge on any atom is -0.481 e. The molecule has 0 spiro atoms. The Hall–Kier alpha value is -3.31. The van der Waals surface area contributed by atoms with Gasteiger partial charge in [0.15, 0.2) is 6.17 Å². The van der Waals surface area contributed by atoms with Gasteiger partial charge in [-0.15, -0.1) is 0 Å². The number of sulfonamides is 1. The van der Waals surface area contributed by atoms with Gasteiger partial charge in [0.1, 0.15) is 5.82 Å². The number of aliphatic carboxylic acids is 1. The van der Waals surface area contributed by atoms with Crippen molar-refractivity contribution in [3.63, 3.8) is 0 Å². The summed E-state index contributed by atoms with van der Waals surface area (Å²) in [6, 6.07) is 10.5. The highest BCUT2D eigenvalue weighted by molar-refractivity contribution is 7.88. The normalized spacial score (nSPS) is 17.5. The summed E-state index contributed by atoms with van der Waals surface area (Å²) in [5, 5.41) is 11.8. The molecule has 2 aromatic carbocycles. The molecule has 2 atom stereocenters. The molecule has 0 aromatic heterocycles. The van der Waals surface area contributed by atoms with E-state index in [1.807, 2.05) is 0 Å². The minimum absolute atomic E-state index is 0.0158. The second-order valence-electron chi connectivity index (χ2n) is 7.83. The summed E-state index contributed by atoms with van der Waals surface area (Å²) < 4.78 is 38.9. The smallest absolute Gasteiger partial charge is 0.305 e. The van der Waals surface area contributed by atoms with Gasteiger partial charge in [-0.1, -0.05) is 29.8 Å². The first kappa shape index (κ1) is 24.3. The molecule has 0 aliphatic carbocycles. The predicted octanol–water partition coefficient (Wildman–Crippen LogP) is 1.51. The van der Waals surface area contributed by atoms with Gasteiger partial charge in [-0.25, -0.2) is 12.8 Å². The van der Waals surface area contributed by atoms with Crippen LogP contribution in [0.4, 0.5) is 4.39 Å². The zero-order chi connectivity index (χ0) is 24.3. The maximum Gasteiger partial charge on any atom is 0.305 e. The van der Waals surface area contributed by atoms with E-state index >= 15 is 0 Å². The Bertz CT molecular complexity index is 1170. The number of nitrogens with zero attached hydrogens (tertiary/aromatic N) is 2. The monoisotopic (exact) mass is 477 g/mol. The molecule has 2 aromatic rings. The first-order chi connectivity index (χ1) is 15.5.